The van der Waals surface area contributed by atoms with Crippen LogP contribution in [0.15, 0.2) is 64.6 Å². The maximum atomic E-state index is 4.69. The van der Waals surface area contributed by atoms with Crippen LogP contribution in [0.1, 0.15) is 18.1 Å². The Morgan fingerprint density at radius 2 is 1.52 bits per heavy atom. The van der Waals surface area contributed by atoms with E-state index in [1.165, 1.54) is 5.56 Å². The molecule has 21 heavy (non-hydrogen) atoms. The molecule has 0 aliphatic heterocycles. The summed E-state index contributed by atoms with van der Waals surface area (Å²) < 4.78 is 0. The smallest absolute Gasteiger partial charge is 0.161 e. The summed E-state index contributed by atoms with van der Waals surface area (Å²) in [4.78, 5) is 11.3. The molecule has 0 aromatic heterocycles. The standard InChI is InChI=1S/C18H21N3/c1-14-10-12-17(13-11-14)20-18(19-15(2)21(3)4)16-8-6-5-7-9-16/h5-13H,1-4H3. The Balaban J connectivity index is 2.45. The first-order valence-corrected chi connectivity index (χ1v) is 6.99. The first-order valence-electron chi connectivity index (χ1n) is 6.99. The van der Waals surface area contributed by atoms with E-state index in [4.69, 9.17) is 4.99 Å². The highest BCUT2D eigenvalue weighted by molar-refractivity contribution is 6.06. The van der Waals surface area contributed by atoms with Crippen LogP contribution in [-0.4, -0.2) is 30.7 Å². The van der Waals surface area contributed by atoms with Crippen LogP contribution in [0.25, 0.3) is 0 Å². The number of benzene rings is 2. The summed E-state index contributed by atoms with van der Waals surface area (Å²) in [6.45, 7) is 4.05. The molecule has 0 spiro atoms. The van der Waals surface area contributed by atoms with Crippen molar-refractivity contribution in [3.63, 3.8) is 0 Å². The van der Waals surface area contributed by atoms with Crippen molar-refractivity contribution in [1.82, 2.24) is 4.90 Å². The highest BCUT2D eigenvalue weighted by atomic mass is 15.1. The normalized spacial score (nSPS) is 12.4. The zero-order valence-corrected chi connectivity index (χ0v) is 13.0. The lowest BCUT2D eigenvalue weighted by atomic mass is 10.2. The molecule has 0 radical (unpaired) electrons. The summed E-state index contributed by atoms with van der Waals surface area (Å²) in [6, 6.07) is 18.2. The summed E-state index contributed by atoms with van der Waals surface area (Å²) in [5.41, 5.74) is 3.15. The summed E-state index contributed by atoms with van der Waals surface area (Å²) in [6.07, 6.45) is 0. The number of amidine groups is 2. The average molecular weight is 279 g/mol. The molecule has 0 aliphatic rings. The molecular weight excluding hydrogens is 258 g/mol. The molecule has 108 valence electrons. The minimum atomic E-state index is 0.727. The van der Waals surface area contributed by atoms with Crippen LogP contribution in [-0.2, 0) is 0 Å². The zero-order chi connectivity index (χ0) is 15.2. The van der Waals surface area contributed by atoms with Gasteiger partial charge in [0.2, 0.25) is 0 Å². The van der Waals surface area contributed by atoms with Crippen molar-refractivity contribution in [3.8, 4) is 0 Å². The molecule has 0 heterocycles. The molecule has 0 saturated carbocycles. The summed E-state index contributed by atoms with van der Waals surface area (Å²) >= 11 is 0. The van der Waals surface area contributed by atoms with Gasteiger partial charge < -0.3 is 4.90 Å². The summed E-state index contributed by atoms with van der Waals surface area (Å²) in [5, 5.41) is 0. The average Bonchev–Trinajstić information content (AvgIpc) is 2.49. The second-order valence-corrected chi connectivity index (χ2v) is 5.19. The topological polar surface area (TPSA) is 28.0 Å². The molecule has 0 fully saturated rings. The van der Waals surface area contributed by atoms with Crippen molar-refractivity contribution in [3.05, 3.63) is 65.7 Å². The predicted molar refractivity (Wildman–Crippen MR) is 90.6 cm³/mol. The van der Waals surface area contributed by atoms with E-state index in [0.29, 0.717) is 0 Å². The van der Waals surface area contributed by atoms with Gasteiger partial charge in [-0.3, -0.25) is 0 Å². The van der Waals surface area contributed by atoms with Crippen LogP contribution in [0.5, 0.6) is 0 Å². The van der Waals surface area contributed by atoms with Crippen molar-refractivity contribution < 1.29 is 0 Å². The molecule has 0 bridgehead atoms. The minimum Gasteiger partial charge on any atom is -0.366 e. The van der Waals surface area contributed by atoms with Crippen molar-refractivity contribution in [2.75, 3.05) is 14.1 Å². The van der Waals surface area contributed by atoms with Crippen molar-refractivity contribution in [1.29, 1.82) is 0 Å². The SMILES string of the molecule is CC(=NC(=Nc1ccc(C)cc1)c1ccccc1)N(C)C. The fraction of sp³-hybridized carbons (Fsp3) is 0.222. The highest BCUT2D eigenvalue weighted by Gasteiger charge is 2.04. The Morgan fingerprint density at radius 3 is 2.10 bits per heavy atom. The lowest BCUT2D eigenvalue weighted by Crippen LogP contribution is -2.20. The van der Waals surface area contributed by atoms with Crippen LogP contribution >= 0.6 is 0 Å². The van der Waals surface area contributed by atoms with E-state index in [2.05, 4.69) is 24.0 Å². The number of hydrogen-bond acceptors (Lipinski definition) is 1. The quantitative estimate of drug-likeness (QED) is 0.602. The van der Waals surface area contributed by atoms with Crippen molar-refractivity contribution >= 4 is 17.4 Å². The third kappa shape index (κ3) is 4.28. The predicted octanol–water partition coefficient (Wildman–Crippen LogP) is 4.05. The Morgan fingerprint density at radius 1 is 0.905 bits per heavy atom. The first-order chi connectivity index (χ1) is 10.1. The van der Waals surface area contributed by atoms with Crippen LogP contribution in [0.3, 0.4) is 0 Å². The van der Waals surface area contributed by atoms with Crippen LogP contribution < -0.4 is 0 Å². The van der Waals surface area contributed by atoms with E-state index in [0.717, 1.165) is 22.9 Å². The van der Waals surface area contributed by atoms with Gasteiger partial charge in [-0.25, -0.2) is 9.98 Å². The molecule has 0 unspecified atom stereocenters. The molecular formula is C18H21N3. The number of nitrogens with zero attached hydrogens (tertiary/aromatic N) is 3. The summed E-state index contributed by atoms with van der Waals surface area (Å²) in [7, 11) is 3.96. The third-order valence-electron chi connectivity index (χ3n) is 3.22. The van der Waals surface area contributed by atoms with E-state index >= 15 is 0 Å². The summed E-state index contributed by atoms with van der Waals surface area (Å²) in [5.74, 6) is 1.65. The number of rotatable bonds is 2. The first kappa shape index (κ1) is 15.0. The van der Waals surface area contributed by atoms with Crippen LogP contribution in [0, 0.1) is 6.92 Å². The van der Waals surface area contributed by atoms with Gasteiger partial charge in [0.15, 0.2) is 5.84 Å². The van der Waals surface area contributed by atoms with Gasteiger partial charge in [-0.1, -0.05) is 48.0 Å². The fourth-order valence-electron chi connectivity index (χ4n) is 1.74. The second kappa shape index (κ2) is 6.84. The Bertz CT molecular complexity index is 638. The van der Waals surface area contributed by atoms with E-state index in [-0.39, 0.29) is 0 Å². The van der Waals surface area contributed by atoms with E-state index in [9.17, 15) is 0 Å². The van der Waals surface area contributed by atoms with E-state index in [1.807, 2.05) is 68.4 Å². The lowest BCUT2D eigenvalue weighted by Gasteiger charge is -2.12. The zero-order valence-electron chi connectivity index (χ0n) is 13.0. The fourth-order valence-corrected chi connectivity index (χ4v) is 1.74. The molecule has 0 N–H and O–H groups in total. The number of aliphatic imine (C=N–C) groups is 2. The maximum absolute atomic E-state index is 4.69. The van der Waals surface area contributed by atoms with Gasteiger partial charge >= 0.3 is 0 Å². The Hall–Kier alpha value is -2.42. The molecule has 0 aliphatic carbocycles. The van der Waals surface area contributed by atoms with Gasteiger partial charge in [-0.15, -0.1) is 0 Å². The lowest BCUT2D eigenvalue weighted by molar-refractivity contribution is 0.619. The van der Waals surface area contributed by atoms with Crippen LogP contribution in [0.2, 0.25) is 0 Å². The second-order valence-electron chi connectivity index (χ2n) is 5.19. The number of hydrogen-bond donors (Lipinski definition) is 0. The van der Waals surface area contributed by atoms with E-state index in [1.54, 1.807) is 0 Å². The highest BCUT2D eigenvalue weighted by Crippen LogP contribution is 2.15. The third-order valence-corrected chi connectivity index (χ3v) is 3.22. The van der Waals surface area contributed by atoms with Gasteiger partial charge in [-0.05, 0) is 26.0 Å². The number of aryl methyl sites for hydroxylation is 1. The van der Waals surface area contributed by atoms with Gasteiger partial charge in [0.05, 0.1) is 5.69 Å². The molecule has 2 aromatic rings. The van der Waals surface area contributed by atoms with Gasteiger partial charge in [0.25, 0.3) is 0 Å². The molecule has 3 nitrogen and oxygen atoms in total. The van der Waals surface area contributed by atoms with Gasteiger partial charge in [-0.2, -0.15) is 0 Å². The van der Waals surface area contributed by atoms with Crippen molar-refractivity contribution in [2.45, 2.75) is 13.8 Å². The van der Waals surface area contributed by atoms with Crippen molar-refractivity contribution in [2.24, 2.45) is 9.98 Å². The van der Waals surface area contributed by atoms with E-state index < -0.39 is 0 Å². The molecule has 0 saturated heterocycles. The molecule has 2 aromatic carbocycles. The van der Waals surface area contributed by atoms with Gasteiger partial charge in [0.1, 0.15) is 5.84 Å². The maximum Gasteiger partial charge on any atom is 0.161 e. The minimum absolute atomic E-state index is 0.727. The largest absolute Gasteiger partial charge is 0.366 e. The Kier molecular flexibility index (Phi) is 4.88. The molecule has 2 rings (SSSR count). The van der Waals surface area contributed by atoms with Gasteiger partial charge in [0, 0.05) is 19.7 Å². The monoisotopic (exact) mass is 279 g/mol. The molecule has 0 atom stereocenters. The molecule has 0 amide bonds. The van der Waals surface area contributed by atoms with Crippen LogP contribution in [0.4, 0.5) is 5.69 Å². The molecule has 3 heteroatoms. The Labute approximate surface area is 126 Å².